The van der Waals surface area contributed by atoms with Crippen LogP contribution in [0.15, 0.2) is 54.7 Å². The first kappa shape index (κ1) is 22.7. The molecule has 4 rings (SSSR count). The second kappa shape index (κ2) is 9.98. The number of likely N-dealkylation sites (tertiary alicyclic amines) is 1. The van der Waals surface area contributed by atoms with E-state index in [9.17, 15) is 9.59 Å². The van der Waals surface area contributed by atoms with Crippen molar-refractivity contribution in [3.05, 3.63) is 77.4 Å². The maximum Gasteiger partial charge on any atom is 0.227 e. The molecule has 2 aromatic heterocycles. The lowest BCUT2D eigenvalue weighted by Gasteiger charge is -2.34. The number of piperidine rings is 1. The number of aromatic nitrogens is 3. The predicted molar refractivity (Wildman–Crippen MR) is 127 cm³/mol. The van der Waals surface area contributed by atoms with Crippen LogP contribution in [0.3, 0.4) is 0 Å². The summed E-state index contributed by atoms with van der Waals surface area (Å²) >= 11 is 0. The fourth-order valence-electron chi connectivity index (χ4n) is 4.47. The molecule has 33 heavy (non-hydrogen) atoms. The fourth-order valence-corrected chi connectivity index (χ4v) is 4.47. The molecule has 172 valence electrons. The molecule has 1 aliphatic heterocycles. The maximum absolute atomic E-state index is 13.2. The van der Waals surface area contributed by atoms with Gasteiger partial charge >= 0.3 is 0 Å². The van der Waals surface area contributed by atoms with Gasteiger partial charge in [0.15, 0.2) is 0 Å². The van der Waals surface area contributed by atoms with Crippen molar-refractivity contribution >= 4 is 11.8 Å². The van der Waals surface area contributed by atoms with Crippen molar-refractivity contribution < 1.29 is 9.59 Å². The quantitative estimate of drug-likeness (QED) is 0.559. The molecule has 7 nitrogen and oxygen atoms in total. The Morgan fingerprint density at radius 2 is 2.00 bits per heavy atom. The molecule has 2 amide bonds. The predicted octanol–water partition coefficient (Wildman–Crippen LogP) is 3.32. The minimum atomic E-state index is -0.171. The minimum Gasteiger partial charge on any atom is -0.342 e. The molecule has 3 aromatic rings. The van der Waals surface area contributed by atoms with Crippen molar-refractivity contribution in [1.29, 1.82) is 0 Å². The Morgan fingerprint density at radius 3 is 2.73 bits per heavy atom. The third-order valence-electron chi connectivity index (χ3n) is 6.17. The van der Waals surface area contributed by atoms with Crippen molar-refractivity contribution in [1.82, 2.24) is 24.6 Å². The Kier molecular flexibility index (Phi) is 6.87. The number of nitrogens with zero attached hydrogens (tertiary/aromatic N) is 5. The number of hydrogen-bond donors (Lipinski definition) is 0. The van der Waals surface area contributed by atoms with Crippen LogP contribution in [-0.2, 0) is 22.6 Å². The molecule has 0 spiro atoms. The molecule has 1 atom stereocenters. The van der Waals surface area contributed by atoms with Gasteiger partial charge in [-0.25, -0.2) is 4.68 Å². The molecule has 1 aromatic carbocycles. The highest BCUT2D eigenvalue weighted by molar-refractivity contribution is 5.83. The fraction of sp³-hybridized carbons (Fsp3) is 0.385. The third kappa shape index (κ3) is 5.48. The number of carbonyl (C=O) groups is 2. The van der Waals surface area contributed by atoms with Crippen molar-refractivity contribution in [2.24, 2.45) is 5.92 Å². The van der Waals surface area contributed by atoms with Crippen molar-refractivity contribution in [3.8, 4) is 5.69 Å². The van der Waals surface area contributed by atoms with Gasteiger partial charge in [0.1, 0.15) is 0 Å². The van der Waals surface area contributed by atoms with E-state index in [-0.39, 0.29) is 17.7 Å². The summed E-state index contributed by atoms with van der Waals surface area (Å²) in [6.07, 6.45) is 3.48. The van der Waals surface area contributed by atoms with Crippen LogP contribution in [0.2, 0.25) is 0 Å². The van der Waals surface area contributed by atoms with Crippen LogP contribution in [0.1, 0.15) is 35.5 Å². The van der Waals surface area contributed by atoms with Gasteiger partial charge in [0.2, 0.25) is 11.8 Å². The second-order valence-corrected chi connectivity index (χ2v) is 8.85. The SMILES string of the molecule is Cc1cc(C)n(-c2cccc(CN(C)C(=O)[C@@H]3CCC(=O)N(CCc4ccccn4)C3)c2)n1. The Bertz CT molecular complexity index is 1120. The summed E-state index contributed by atoms with van der Waals surface area (Å²) in [4.78, 5) is 33.5. The summed E-state index contributed by atoms with van der Waals surface area (Å²) in [6.45, 7) is 5.60. The van der Waals surface area contributed by atoms with Crippen LogP contribution in [0, 0.1) is 19.8 Å². The van der Waals surface area contributed by atoms with Crippen molar-refractivity contribution in [2.75, 3.05) is 20.1 Å². The molecule has 0 bridgehead atoms. The molecule has 7 heteroatoms. The van der Waals surface area contributed by atoms with E-state index in [0.29, 0.717) is 38.9 Å². The molecule has 1 saturated heterocycles. The first-order valence-electron chi connectivity index (χ1n) is 11.5. The highest BCUT2D eigenvalue weighted by atomic mass is 16.2. The largest absolute Gasteiger partial charge is 0.342 e. The summed E-state index contributed by atoms with van der Waals surface area (Å²) in [5.74, 6) is 0.0349. The van der Waals surface area contributed by atoms with Gasteiger partial charge in [0, 0.05) is 57.1 Å². The molecule has 3 heterocycles. The number of rotatable bonds is 7. The minimum absolute atomic E-state index is 0.0850. The van der Waals surface area contributed by atoms with Gasteiger partial charge in [-0.2, -0.15) is 5.10 Å². The molecule has 0 aliphatic carbocycles. The average Bonchev–Trinajstić information content (AvgIpc) is 3.16. The van der Waals surface area contributed by atoms with Gasteiger partial charge in [-0.1, -0.05) is 18.2 Å². The van der Waals surface area contributed by atoms with E-state index in [1.54, 1.807) is 11.1 Å². The van der Waals surface area contributed by atoms with Gasteiger partial charge in [-0.05, 0) is 56.2 Å². The number of amides is 2. The number of hydrogen-bond acceptors (Lipinski definition) is 4. The van der Waals surface area contributed by atoms with Crippen molar-refractivity contribution in [2.45, 2.75) is 39.7 Å². The first-order valence-corrected chi connectivity index (χ1v) is 11.5. The summed E-state index contributed by atoms with van der Waals surface area (Å²) < 4.78 is 1.92. The maximum atomic E-state index is 13.2. The van der Waals surface area contributed by atoms with Crippen molar-refractivity contribution in [3.63, 3.8) is 0 Å². The van der Waals surface area contributed by atoms with Crippen LogP contribution in [0.5, 0.6) is 0 Å². The zero-order valence-corrected chi connectivity index (χ0v) is 19.6. The Balaban J connectivity index is 1.38. The normalized spacial score (nSPS) is 16.2. The van der Waals surface area contributed by atoms with Crippen LogP contribution in [0.25, 0.3) is 5.69 Å². The van der Waals surface area contributed by atoms with Crippen LogP contribution < -0.4 is 0 Å². The number of benzene rings is 1. The van der Waals surface area contributed by atoms with Gasteiger partial charge in [0.25, 0.3) is 0 Å². The molecule has 0 saturated carbocycles. The molecule has 0 radical (unpaired) electrons. The lowest BCUT2D eigenvalue weighted by atomic mass is 9.95. The summed E-state index contributed by atoms with van der Waals surface area (Å²) in [5.41, 5.74) is 5.05. The van der Waals surface area contributed by atoms with E-state index in [1.165, 1.54) is 0 Å². The topological polar surface area (TPSA) is 71.3 Å². The highest BCUT2D eigenvalue weighted by Crippen LogP contribution is 2.21. The van der Waals surface area contributed by atoms with E-state index >= 15 is 0 Å². The molecular formula is C26H31N5O2. The molecule has 0 N–H and O–H groups in total. The highest BCUT2D eigenvalue weighted by Gasteiger charge is 2.31. The molecule has 1 aliphatic rings. The summed E-state index contributed by atoms with van der Waals surface area (Å²) in [6, 6.07) is 16.0. The van der Waals surface area contributed by atoms with Gasteiger partial charge in [0.05, 0.1) is 17.3 Å². The zero-order chi connectivity index (χ0) is 23.4. The van der Waals surface area contributed by atoms with Gasteiger partial charge < -0.3 is 9.80 Å². The van der Waals surface area contributed by atoms with E-state index < -0.39 is 0 Å². The van der Waals surface area contributed by atoms with Crippen LogP contribution >= 0.6 is 0 Å². The van der Waals surface area contributed by atoms with Gasteiger partial charge in [-0.3, -0.25) is 14.6 Å². The van der Waals surface area contributed by atoms with E-state index in [4.69, 9.17) is 0 Å². The standard InChI is InChI=1S/C26H31N5O2/c1-19-15-20(2)31(28-19)24-9-6-7-21(16-24)17-29(3)26(33)22-10-11-25(32)30(18-22)14-12-23-8-4-5-13-27-23/h4-9,13,15-16,22H,10-12,14,17-18H2,1-3H3/t22-/m1/s1. The summed E-state index contributed by atoms with van der Waals surface area (Å²) in [7, 11) is 1.84. The smallest absolute Gasteiger partial charge is 0.227 e. The molecule has 0 unspecified atom stereocenters. The summed E-state index contributed by atoms with van der Waals surface area (Å²) in [5, 5.41) is 4.56. The van der Waals surface area contributed by atoms with E-state index in [1.807, 2.05) is 72.9 Å². The van der Waals surface area contributed by atoms with E-state index in [0.717, 1.165) is 28.3 Å². The molecular weight excluding hydrogens is 414 g/mol. The zero-order valence-electron chi connectivity index (χ0n) is 19.6. The van der Waals surface area contributed by atoms with Crippen LogP contribution in [0.4, 0.5) is 0 Å². The number of pyridine rings is 1. The number of carbonyl (C=O) groups excluding carboxylic acids is 2. The third-order valence-corrected chi connectivity index (χ3v) is 6.17. The Morgan fingerprint density at radius 1 is 1.15 bits per heavy atom. The van der Waals surface area contributed by atoms with E-state index in [2.05, 4.69) is 16.1 Å². The lowest BCUT2D eigenvalue weighted by Crippen LogP contribution is -2.46. The molecule has 1 fully saturated rings. The monoisotopic (exact) mass is 445 g/mol. The Hall–Kier alpha value is -3.48. The second-order valence-electron chi connectivity index (χ2n) is 8.85. The van der Waals surface area contributed by atoms with Gasteiger partial charge in [-0.15, -0.1) is 0 Å². The first-order chi connectivity index (χ1) is 15.9. The average molecular weight is 446 g/mol. The van der Waals surface area contributed by atoms with Crippen LogP contribution in [-0.4, -0.2) is 56.5 Å². The Labute approximate surface area is 195 Å². The lowest BCUT2D eigenvalue weighted by molar-refractivity contribution is -0.142. The number of aryl methyl sites for hydroxylation is 2.